The van der Waals surface area contributed by atoms with Crippen LogP contribution in [0.15, 0.2) is 91.0 Å². The van der Waals surface area contributed by atoms with Crippen LogP contribution >= 0.6 is 0 Å². The Balaban J connectivity index is 1.26. The quantitative estimate of drug-likeness (QED) is 0.160. The van der Waals surface area contributed by atoms with Crippen LogP contribution in [0.3, 0.4) is 0 Å². The lowest BCUT2D eigenvalue weighted by Gasteiger charge is -2.40. The van der Waals surface area contributed by atoms with Crippen LogP contribution in [-0.2, 0) is 20.5 Å². The first-order valence-corrected chi connectivity index (χ1v) is 19.2. The van der Waals surface area contributed by atoms with Crippen molar-refractivity contribution < 1.29 is 23.7 Å². The smallest absolute Gasteiger partial charge is 0.178 e. The summed E-state index contributed by atoms with van der Waals surface area (Å²) in [5, 5.41) is 2.22. The third kappa shape index (κ3) is 5.31. The molecule has 2 saturated heterocycles. The van der Waals surface area contributed by atoms with Gasteiger partial charge in [0.25, 0.3) is 0 Å². The molecule has 0 aromatic heterocycles. The van der Waals surface area contributed by atoms with E-state index in [-0.39, 0.29) is 5.41 Å². The lowest BCUT2D eigenvalue weighted by molar-refractivity contribution is 0.122. The first-order chi connectivity index (χ1) is 26.0. The number of morpholine rings is 2. The van der Waals surface area contributed by atoms with Crippen LogP contribution in [0.2, 0.25) is 0 Å². The molecular formula is C46H48N2O5. The molecule has 0 saturated carbocycles. The molecule has 53 heavy (non-hydrogen) atoms. The van der Waals surface area contributed by atoms with E-state index in [0.29, 0.717) is 0 Å². The van der Waals surface area contributed by atoms with E-state index in [1.165, 1.54) is 39.0 Å². The standard InChI is InChI=1S/C46H48N2O5/c1-5-45(6-2)41-30-36(50-4)16-18-38(41)42-37-17-15-35(49-3)29-40(37)44-39(43(42)45)19-20-46(53-44,31-7-11-33(12-8-31)47-21-25-51-26-22-47)32-9-13-34(14-10-32)48-23-27-52-28-24-48/h7-20,29-30H,5-6,21-28H2,1-4H3. The van der Waals surface area contributed by atoms with Gasteiger partial charge >= 0.3 is 0 Å². The number of hydrogen-bond donors (Lipinski definition) is 0. The minimum atomic E-state index is -0.875. The molecule has 0 atom stereocenters. The van der Waals surface area contributed by atoms with E-state index >= 15 is 0 Å². The molecule has 7 nitrogen and oxygen atoms in total. The Bertz CT molecular complexity index is 2110. The molecule has 0 N–H and O–H groups in total. The highest BCUT2D eigenvalue weighted by Gasteiger charge is 2.47. The molecule has 2 fully saturated rings. The van der Waals surface area contributed by atoms with Crippen molar-refractivity contribution in [1.29, 1.82) is 0 Å². The Morgan fingerprint density at radius 2 is 1.19 bits per heavy atom. The Kier molecular flexibility index (Phi) is 8.59. The molecule has 272 valence electrons. The van der Waals surface area contributed by atoms with Gasteiger partial charge in [0.15, 0.2) is 5.60 Å². The second-order valence-electron chi connectivity index (χ2n) is 14.6. The zero-order valence-corrected chi connectivity index (χ0v) is 31.2. The van der Waals surface area contributed by atoms with Crippen LogP contribution in [0, 0.1) is 0 Å². The molecule has 3 heterocycles. The molecule has 0 amide bonds. The van der Waals surface area contributed by atoms with Crippen LogP contribution in [0.1, 0.15) is 54.5 Å². The molecule has 0 bridgehead atoms. The van der Waals surface area contributed by atoms with Gasteiger partial charge in [0, 0.05) is 65.0 Å². The van der Waals surface area contributed by atoms with Crippen LogP contribution in [0.5, 0.6) is 17.2 Å². The molecule has 0 unspecified atom stereocenters. The van der Waals surface area contributed by atoms with Gasteiger partial charge in [0.2, 0.25) is 0 Å². The SMILES string of the molecule is CCC1(CC)c2cc(OC)ccc2-c2c1c1c(c3cc(OC)ccc23)OC(c2ccc(N3CCOCC3)cc2)(c2ccc(N3CCOCC3)cc2)C=C1. The molecule has 5 aromatic rings. The fourth-order valence-corrected chi connectivity index (χ4v) is 9.37. The van der Waals surface area contributed by atoms with Crippen LogP contribution in [-0.4, -0.2) is 66.8 Å². The number of hydrogen-bond acceptors (Lipinski definition) is 7. The summed E-state index contributed by atoms with van der Waals surface area (Å²) >= 11 is 0. The van der Waals surface area contributed by atoms with Crippen molar-refractivity contribution in [2.24, 2.45) is 0 Å². The van der Waals surface area contributed by atoms with Crippen molar-refractivity contribution in [3.8, 4) is 28.4 Å². The van der Waals surface area contributed by atoms with Gasteiger partial charge < -0.3 is 33.5 Å². The maximum Gasteiger partial charge on any atom is 0.178 e. The molecular weight excluding hydrogens is 661 g/mol. The van der Waals surface area contributed by atoms with Gasteiger partial charge in [0.05, 0.1) is 40.6 Å². The second-order valence-corrected chi connectivity index (χ2v) is 14.6. The zero-order valence-electron chi connectivity index (χ0n) is 31.2. The summed E-state index contributed by atoms with van der Waals surface area (Å²) in [5.41, 5.74) is 9.85. The first-order valence-electron chi connectivity index (χ1n) is 19.2. The molecule has 0 spiro atoms. The molecule has 5 aromatic carbocycles. The number of fused-ring (bicyclic) bond motifs is 8. The Morgan fingerprint density at radius 1 is 0.642 bits per heavy atom. The fourth-order valence-electron chi connectivity index (χ4n) is 9.37. The summed E-state index contributed by atoms with van der Waals surface area (Å²) < 4.78 is 30.7. The van der Waals surface area contributed by atoms with E-state index in [2.05, 4.69) is 121 Å². The number of methoxy groups -OCH3 is 2. The van der Waals surface area contributed by atoms with Gasteiger partial charge in [-0.05, 0) is 101 Å². The van der Waals surface area contributed by atoms with Gasteiger partial charge in [-0.25, -0.2) is 0 Å². The Hall–Kier alpha value is -4.98. The molecule has 7 heteroatoms. The van der Waals surface area contributed by atoms with Crippen LogP contribution < -0.4 is 24.0 Å². The molecule has 9 rings (SSSR count). The average molecular weight is 709 g/mol. The number of anilines is 2. The minimum absolute atomic E-state index is 0.204. The van der Waals surface area contributed by atoms with E-state index < -0.39 is 5.60 Å². The number of ether oxygens (including phenoxy) is 5. The van der Waals surface area contributed by atoms with Crippen LogP contribution in [0.4, 0.5) is 11.4 Å². The Morgan fingerprint density at radius 3 is 1.74 bits per heavy atom. The third-order valence-electron chi connectivity index (χ3n) is 12.3. The summed E-state index contributed by atoms with van der Waals surface area (Å²) in [6.07, 6.45) is 6.56. The van der Waals surface area contributed by atoms with Crippen molar-refractivity contribution in [2.75, 3.05) is 76.6 Å². The average Bonchev–Trinajstić information content (AvgIpc) is 3.54. The number of rotatable bonds is 8. The predicted molar refractivity (Wildman–Crippen MR) is 213 cm³/mol. The fraction of sp³-hybridized carbons (Fsp3) is 0.348. The van der Waals surface area contributed by atoms with E-state index in [9.17, 15) is 0 Å². The first kappa shape index (κ1) is 33.8. The van der Waals surface area contributed by atoms with Crippen molar-refractivity contribution in [2.45, 2.75) is 37.7 Å². The van der Waals surface area contributed by atoms with E-state index in [1.54, 1.807) is 14.2 Å². The van der Waals surface area contributed by atoms with Crippen molar-refractivity contribution >= 4 is 28.2 Å². The van der Waals surface area contributed by atoms with Crippen molar-refractivity contribution in [3.63, 3.8) is 0 Å². The largest absolute Gasteiger partial charge is 0.497 e. The summed E-state index contributed by atoms with van der Waals surface area (Å²) in [6.45, 7) is 11.2. The van der Waals surface area contributed by atoms with Gasteiger partial charge in [-0.15, -0.1) is 0 Å². The van der Waals surface area contributed by atoms with Gasteiger partial charge in [-0.2, -0.15) is 0 Å². The highest BCUT2D eigenvalue weighted by Crippen LogP contribution is 2.61. The maximum absolute atomic E-state index is 7.69. The summed E-state index contributed by atoms with van der Waals surface area (Å²) in [7, 11) is 3.49. The van der Waals surface area contributed by atoms with E-state index in [1.807, 2.05) is 0 Å². The summed E-state index contributed by atoms with van der Waals surface area (Å²) in [4.78, 5) is 4.80. The minimum Gasteiger partial charge on any atom is -0.497 e. The van der Waals surface area contributed by atoms with E-state index in [0.717, 1.165) is 105 Å². The van der Waals surface area contributed by atoms with Crippen LogP contribution in [0.25, 0.3) is 28.0 Å². The maximum atomic E-state index is 7.69. The molecule has 4 aliphatic rings. The lowest BCUT2D eigenvalue weighted by atomic mass is 9.71. The zero-order chi connectivity index (χ0) is 36.2. The van der Waals surface area contributed by atoms with Crippen molar-refractivity contribution in [3.05, 3.63) is 119 Å². The summed E-state index contributed by atoms with van der Waals surface area (Å²) in [6, 6.07) is 31.0. The number of benzene rings is 5. The van der Waals surface area contributed by atoms with Gasteiger partial charge in [-0.1, -0.05) is 50.3 Å². The normalized spacial score (nSPS) is 18.3. The lowest BCUT2D eigenvalue weighted by Crippen LogP contribution is -2.37. The van der Waals surface area contributed by atoms with Gasteiger partial charge in [0.1, 0.15) is 17.2 Å². The molecule has 0 radical (unpaired) electrons. The monoisotopic (exact) mass is 708 g/mol. The van der Waals surface area contributed by atoms with Crippen molar-refractivity contribution in [1.82, 2.24) is 0 Å². The number of nitrogens with zero attached hydrogens (tertiary/aromatic N) is 2. The third-order valence-corrected chi connectivity index (χ3v) is 12.3. The Labute approximate surface area is 312 Å². The van der Waals surface area contributed by atoms with E-state index in [4.69, 9.17) is 23.7 Å². The topological polar surface area (TPSA) is 52.6 Å². The molecule has 3 aliphatic heterocycles. The highest BCUT2D eigenvalue weighted by molar-refractivity contribution is 6.09. The van der Waals surface area contributed by atoms with Gasteiger partial charge in [-0.3, -0.25) is 0 Å². The predicted octanol–water partition coefficient (Wildman–Crippen LogP) is 8.97. The second kappa shape index (κ2) is 13.5. The molecule has 1 aliphatic carbocycles. The summed E-state index contributed by atoms with van der Waals surface area (Å²) in [5.74, 6) is 2.58. The highest BCUT2D eigenvalue weighted by atomic mass is 16.5.